The van der Waals surface area contributed by atoms with E-state index in [4.69, 9.17) is 4.84 Å². The number of hydrogen-bond donors (Lipinski definition) is 1. The molecule has 27 heavy (non-hydrogen) atoms. The van der Waals surface area contributed by atoms with E-state index in [-0.39, 0.29) is 17.5 Å². The van der Waals surface area contributed by atoms with Gasteiger partial charge in [-0.3, -0.25) is 0 Å². The van der Waals surface area contributed by atoms with Crippen LogP contribution in [0.25, 0.3) is 0 Å². The molecule has 2 aliphatic rings. The molecule has 1 aliphatic heterocycles. The van der Waals surface area contributed by atoms with Crippen molar-refractivity contribution in [2.75, 3.05) is 7.11 Å². The third-order valence-corrected chi connectivity index (χ3v) is 6.57. The molecule has 1 N–H and O–H groups in total. The van der Waals surface area contributed by atoms with Crippen molar-refractivity contribution in [1.29, 1.82) is 0 Å². The van der Waals surface area contributed by atoms with Crippen LogP contribution in [0.5, 0.6) is 0 Å². The molecule has 4 atom stereocenters. The third-order valence-electron chi connectivity index (χ3n) is 6.57. The standard InChI is InChI=1S/C24H30N2O/c1-16-7-11-18(12-8-16)21-20-6-5-15-24(3,23(20)26-27-4)22(25-21)19-13-9-17(2)10-14-19/h7-14,20-22,25H,5-6,15H2,1-4H3/b26-23+. The number of benzene rings is 2. The Labute approximate surface area is 162 Å². The summed E-state index contributed by atoms with van der Waals surface area (Å²) in [6, 6.07) is 18.4. The van der Waals surface area contributed by atoms with Crippen molar-refractivity contribution in [1.82, 2.24) is 5.32 Å². The number of nitrogens with zero attached hydrogens (tertiary/aromatic N) is 1. The molecule has 2 aromatic carbocycles. The molecule has 3 heteroatoms. The average molecular weight is 363 g/mol. The van der Waals surface area contributed by atoms with E-state index in [1.165, 1.54) is 34.4 Å². The molecule has 1 saturated carbocycles. The van der Waals surface area contributed by atoms with Crippen LogP contribution in [0.4, 0.5) is 0 Å². The molecule has 142 valence electrons. The van der Waals surface area contributed by atoms with Crippen LogP contribution in [0.2, 0.25) is 0 Å². The molecule has 0 spiro atoms. The van der Waals surface area contributed by atoms with Gasteiger partial charge in [-0.2, -0.15) is 0 Å². The fourth-order valence-corrected chi connectivity index (χ4v) is 5.07. The Morgan fingerprint density at radius 1 is 0.963 bits per heavy atom. The van der Waals surface area contributed by atoms with Gasteiger partial charge in [0.05, 0.1) is 5.71 Å². The number of hydrogen-bond acceptors (Lipinski definition) is 3. The lowest BCUT2D eigenvalue weighted by atomic mass is 9.58. The highest BCUT2D eigenvalue weighted by molar-refractivity contribution is 5.94. The number of oxime groups is 1. The molecule has 0 aromatic heterocycles. The fraction of sp³-hybridized carbons (Fsp3) is 0.458. The van der Waals surface area contributed by atoms with Crippen LogP contribution in [0.3, 0.4) is 0 Å². The first-order valence-electron chi connectivity index (χ1n) is 10.0. The molecule has 1 aliphatic carbocycles. The largest absolute Gasteiger partial charge is 0.399 e. The van der Waals surface area contributed by atoms with E-state index in [1.807, 2.05) is 0 Å². The quantitative estimate of drug-likeness (QED) is 0.732. The Bertz CT molecular complexity index is 824. The predicted molar refractivity (Wildman–Crippen MR) is 111 cm³/mol. The van der Waals surface area contributed by atoms with Gasteiger partial charge in [0.15, 0.2) is 0 Å². The first-order chi connectivity index (χ1) is 13.0. The topological polar surface area (TPSA) is 33.6 Å². The average Bonchev–Trinajstić information content (AvgIpc) is 2.65. The van der Waals surface area contributed by atoms with E-state index in [0.717, 1.165) is 12.8 Å². The molecular weight excluding hydrogens is 332 g/mol. The minimum Gasteiger partial charge on any atom is -0.399 e. The van der Waals surface area contributed by atoms with Crippen molar-refractivity contribution in [2.24, 2.45) is 16.5 Å². The minimum absolute atomic E-state index is 0.0185. The van der Waals surface area contributed by atoms with Crippen LogP contribution in [-0.4, -0.2) is 12.8 Å². The molecule has 1 heterocycles. The maximum atomic E-state index is 5.35. The van der Waals surface area contributed by atoms with E-state index >= 15 is 0 Å². The van der Waals surface area contributed by atoms with Gasteiger partial charge >= 0.3 is 0 Å². The first kappa shape index (κ1) is 18.2. The van der Waals surface area contributed by atoms with E-state index in [2.05, 4.69) is 79.8 Å². The Balaban J connectivity index is 1.81. The van der Waals surface area contributed by atoms with E-state index in [1.54, 1.807) is 7.11 Å². The van der Waals surface area contributed by atoms with Crippen LogP contribution in [-0.2, 0) is 4.84 Å². The van der Waals surface area contributed by atoms with Crippen molar-refractivity contribution >= 4 is 5.71 Å². The van der Waals surface area contributed by atoms with Gasteiger partial charge in [0.2, 0.25) is 0 Å². The maximum absolute atomic E-state index is 5.35. The molecule has 4 rings (SSSR count). The third kappa shape index (κ3) is 3.19. The maximum Gasteiger partial charge on any atom is 0.106 e. The summed E-state index contributed by atoms with van der Waals surface area (Å²) < 4.78 is 0. The lowest BCUT2D eigenvalue weighted by Gasteiger charge is -2.53. The summed E-state index contributed by atoms with van der Waals surface area (Å²) in [7, 11) is 1.68. The Hall–Kier alpha value is -2.13. The van der Waals surface area contributed by atoms with Gasteiger partial charge < -0.3 is 10.2 Å². The van der Waals surface area contributed by atoms with E-state index in [0.29, 0.717) is 5.92 Å². The summed E-state index contributed by atoms with van der Waals surface area (Å²) in [4.78, 5) is 5.35. The fourth-order valence-electron chi connectivity index (χ4n) is 5.07. The summed E-state index contributed by atoms with van der Waals surface area (Å²) in [5.41, 5.74) is 6.48. The number of rotatable bonds is 3. The van der Waals surface area contributed by atoms with Crippen molar-refractivity contribution < 1.29 is 4.84 Å². The zero-order chi connectivity index (χ0) is 19.0. The van der Waals surface area contributed by atoms with Crippen LogP contribution in [0.15, 0.2) is 53.7 Å². The minimum atomic E-state index is -0.0185. The Morgan fingerprint density at radius 2 is 1.56 bits per heavy atom. The van der Waals surface area contributed by atoms with Gasteiger partial charge in [-0.05, 0) is 37.8 Å². The van der Waals surface area contributed by atoms with Crippen LogP contribution in [0, 0.1) is 25.2 Å². The highest BCUT2D eigenvalue weighted by atomic mass is 16.6. The number of nitrogens with one attached hydrogen (secondary N) is 1. The second-order valence-electron chi connectivity index (χ2n) is 8.47. The van der Waals surface area contributed by atoms with Gasteiger partial charge in [0, 0.05) is 23.4 Å². The SMILES string of the molecule is CO/N=C1\C2CCCC1(C)C(c1ccc(C)cc1)NC2c1ccc(C)cc1. The molecule has 1 saturated heterocycles. The summed E-state index contributed by atoms with van der Waals surface area (Å²) in [5.74, 6) is 0.383. The molecule has 3 nitrogen and oxygen atoms in total. The number of aryl methyl sites for hydroxylation is 2. The summed E-state index contributed by atoms with van der Waals surface area (Å²) in [6.07, 6.45) is 3.53. The van der Waals surface area contributed by atoms with Crippen LogP contribution in [0.1, 0.15) is 60.5 Å². The van der Waals surface area contributed by atoms with Gasteiger partial charge in [-0.15, -0.1) is 0 Å². The van der Waals surface area contributed by atoms with Crippen LogP contribution >= 0.6 is 0 Å². The lowest BCUT2D eigenvalue weighted by molar-refractivity contribution is 0.135. The smallest absolute Gasteiger partial charge is 0.106 e. The molecular formula is C24H30N2O. The van der Waals surface area contributed by atoms with E-state index < -0.39 is 0 Å². The van der Waals surface area contributed by atoms with Crippen LogP contribution < -0.4 is 5.32 Å². The van der Waals surface area contributed by atoms with Gasteiger partial charge in [-0.1, -0.05) is 78.2 Å². The summed E-state index contributed by atoms with van der Waals surface area (Å²) >= 11 is 0. The number of fused-ring (bicyclic) bond motifs is 2. The Kier molecular flexibility index (Phi) is 4.81. The molecule has 4 unspecified atom stereocenters. The van der Waals surface area contributed by atoms with Crippen molar-refractivity contribution in [3.05, 3.63) is 70.8 Å². The monoisotopic (exact) mass is 362 g/mol. The second kappa shape index (κ2) is 7.12. The molecule has 2 bridgehead atoms. The molecule has 0 amide bonds. The summed E-state index contributed by atoms with van der Waals surface area (Å²) in [6.45, 7) is 6.64. The second-order valence-corrected chi connectivity index (χ2v) is 8.47. The molecule has 2 aromatic rings. The molecule has 0 radical (unpaired) electrons. The van der Waals surface area contributed by atoms with Gasteiger partial charge in [-0.25, -0.2) is 0 Å². The highest BCUT2D eigenvalue weighted by Gasteiger charge is 2.53. The van der Waals surface area contributed by atoms with Crippen molar-refractivity contribution in [2.45, 2.75) is 52.1 Å². The Morgan fingerprint density at radius 3 is 2.15 bits per heavy atom. The first-order valence-corrected chi connectivity index (χ1v) is 10.0. The van der Waals surface area contributed by atoms with Gasteiger partial charge in [0.1, 0.15) is 7.11 Å². The van der Waals surface area contributed by atoms with Crippen molar-refractivity contribution in [3.63, 3.8) is 0 Å². The lowest BCUT2D eigenvalue weighted by Crippen LogP contribution is -2.56. The normalized spacial score (nSPS) is 31.7. The zero-order valence-electron chi connectivity index (χ0n) is 16.8. The van der Waals surface area contributed by atoms with E-state index in [9.17, 15) is 0 Å². The summed E-state index contributed by atoms with van der Waals surface area (Å²) in [5, 5.41) is 8.62. The number of piperidine rings is 1. The highest BCUT2D eigenvalue weighted by Crippen LogP contribution is 2.53. The van der Waals surface area contributed by atoms with Crippen molar-refractivity contribution in [3.8, 4) is 0 Å². The molecule has 2 fully saturated rings. The predicted octanol–water partition coefficient (Wildman–Crippen LogP) is 5.50. The zero-order valence-corrected chi connectivity index (χ0v) is 16.8. The van der Waals surface area contributed by atoms with Gasteiger partial charge in [0.25, 0.3) is 0 Å².